The molecule has 0 fully saturated rings. The SMILES string of the molecule is CCCCCCCCCCCC(N)(OCCC)OCCC. The average Bonchev–Trinajstić information content (AvgIpc) is 2.49. The van der Waals surface area contributed by atoms with Crippen LogP contribution in [0.2, 0.25) is 0 Å². The summed E-state index contributed by atoms with van der Waals surface area (Å²) in [5.41, 5.74) is 6.22. The van der Waals surface area contributed by atoms with Crippen LogP contribution in [0.25, 0.3) is 0 Å². The normalized spacial score (nSPS) is 12.0. The summed E-state index contributed by atoms with van der Waals surface area (Å²) in [6, 6.07) is 0. The van der Waals surface area contributed by atoms with Crippen molar-refractivity contribution >= 4 is 0 Å². The van der Waals surface area contributed by atoms with Gasteiger partial charge in [0.05, 0.1) is 13.2 Å². The van der Waals surface area contributed by atoms with Crippen LogP contribution in [0.4, 0.5) is 0 Å². The minimum atomic E-state index is -0.854. The first-order valence-electron chi connectivity index (χ1n) is 9.25. The third-order valence-electron chi connectivity index (χ3n) is 3.73. The summed E-state index contributed by atoms with van der Waals surface area (Å²) < 4.78 is 11.4. The van der Waals surface area contributed by atoms with E-state index in [-0.39, 0.29) is 0 Å². The predicted molar refractivity (Wildman–Crippen MR) is 91.2 cm³/mol. The predicted octanol–water partition coefficient (Wildman–Crippen LogP) is 5.37. The molecule has 0 bridgehead atoms. The number of unbranched alkanes of at least 4 members (excludes halogenated alkanes) is 8. The van der Waals surface area contributed by atoms with Crippen molar-refractivity contribution in [2.24, 2.45) is 5.73 Å². The summed E-state index contributed by atoms with van der Waals surface area (Å²) in [5, 5.41) is 0. The van der Waals surface area contributed by atoms with Crippen molar-refractivity contribution in [1.82, 2.24) is 0 Å². The van der Waals surface area contributed by atoms with E-state index in [1.54, 1.807) is 0 Å². The van der Waals surface area contributed by atoms with Crippen LogP contribution in [0.3, 0.4) is 0 Å². The van der Waals surface area contributed by atoms with E-state index in [2.05, 4.69) is 20.8 Å². The molecule has 0 saturated carbocycles. The van der Waals surface area contributed by atoms with Crippen LogP contribution in [0.1, 0.15) is 97.8 Å². The summed E-state index contributed by atoms with van der Waals surface area (Å²) in [4.78, 5) is 0. The van der Waals surface area contributed by atoms with E-state index in [1.165, 1.54) is 51.4 Å². The van der Waals surface area contributed by atoms with E-state index in [4.69, 9.17) is 15.2 Å². The van der Waals surface area contributed by atoms with Gasteiger partial charge in [0.2, 0.25) is 5.91 Å². The van der Waals surface area contributed by atoms with Crippen molar-refractivity contribution in [2.45, 2.75) is 104 Å². The van der Waals surface area contributed by atoms with E-state index < -0.39 is 5.91 Å². The van der Waals surface area contributed by atoms with Crippen molar-refractivity contribution < 1.29 is 9.47 Å². The molecule has 0 heterocycles. The molecule has 0 aliphatic rings. The summed E-state index contributed by atoms with van der Waals surface area (Å²) in [5.74, 6) is -0.854. The highest BCUT2D eigenvalue weighted by atomic mass is 16.7. The fourth-order valence-corrected chi connectivity index (χ4v) is 2.42. The Morgan fingerprint density at radius 1 is 0.619 bits per heavy atom. The highest BCUT2D eigenvalue weighted by Crippen LogP contribution is 2.18. The van der Waals surface area contributed by atoms with E-state index in [0.29, 0.717) is 13.2 Å². The zero-order valence-electron chi connectivity index (χ0n) is 14.8. The van der Waals surface area contributed by atoms with Crippen molar-refractivity contribution in [3.8, 4) is 0 Å². The van der Waals surface area contributed by atoms with Crippen LogP contribution in [0, 0.1) is 0 Å². The van der Waals surface area contributed by atoms with Gasteiger partial charge >= 0.3 is 0 Å². The third-order valence-corrected chi connectivity index (χ3v) is 3.73. The molecule has 0 aliphatic carbocycles. The van der Waals surface area contributed by atoms with E-state index >= 15 is 0 Å². The van der Waals surface area contributed by atoms with Crippen LogP contribution in [0.15, 0.2) is 0 Å². The molecular formula is C18H39NO2. The molecule has 0 saturated heterocycles. The molecule has 0 unspecified atom stereocenters. The maximum Gasteiger partial charge on any atom is 0.224 e. The van der Waals surface area contributed by atoms with Gasteiger partial charge in [0.1, 0.15) is 0 Å². The lowest BCUT2D eigenvalue weighted by Crippen LogP contribution is -2.46. The van der Waals surface area contributed by atoms with Gasteiger partial charge in [-0.2, -0.15) is 0 Å². The van der Waals surface area contributed by atoms with Crippen LogP contribution in [-0.4, -0.2) is 19.1 Å². The Morgan fingerprint density at radius 3 is 1.48 bits per heavy atom. The topological polar surface area (TPSA) is 44.5 Å². The van der Waals surface area contributed by atoms with Gasteiger partial charge in [-0.05, 0) is 19.3 Å². The lowest BCUT2D eigenvalue weighted by molar-refractivity contribution is -0.238. The number of hydrogen-bond acceptors (Lipinski definition) is 3. The lowest BCUT2D eigenvalue weighted by atomic mass is 10.1. The van der Waals surface area contributed by atoms with Crippen LogP contribution in [0.5, 0.6) is 0 Å². The molecule has 0 aromatic carbocycles. The maximum absolute atomic E-state index is 6.22. The minimum absolute atomic E-state index is 0.678. The van der Waals surface area contributed by atoms with Crippen LogP contribution < -0.4 is 5.73 Å². The van der Waals surface area contributed by atoms with Crippen LogP contribution >= 0.6 is 0 Å². The largest absolute Gasteiger partial charge is 0.338 e. The summed E-state index contributed by atoms with van der Waals surface area (Å²) in [7, 11) is 0. The molecule has 0 aromatic heterocycles. The van der Waals surface area contributed by atoms with Crippen molar-refractivity contribution in [3.05, 3.63) is 0 Å². The fourth-order valence-electron chi connectivity index (χ4n) is 2.42. The Balaban J connectivity index is 3.62. The second kappa shape index (κ2) is 14.8. The lowest BCUT2D eigenvalue weighted by Gasteiger charge is -2.29. The van der Waals surface area contributed by atoms with Gasteiger partial charge in [-0.25, -0.2) is 0 Å². The Labute approximate surface area is 133 Å². The molecule has 0 amide bonds. The summed E-state index contributed by atoms with van der Waals surface area (Å²) in [6.07, 6.45) is 14.7. The summed E-state index contributed by atoms with van der Waals surface area (Å²) >= 11 is 0. The first-order valence-corrected chi connectivity index (χ1v) is 9.25. The van der Waals surface area contributed by atoms with Gasteiger partial charge < -0.3 is 9.47 Å². The molecule has 0 rings (SSSR count). The molecule has 2 N–H and O–H groups in total. The van der Waals surface area contributed by atoms with Gasteiger partial charge in [-0.15, -0.1) is 0 Å². The quantitative estimate of drug-likeness (QED) is 0.308. The van der Waals surface area contributed by atoms with Gasteiger partial charge in [-0.1, -0.05) is 72.1 Å². The zero-order chi connectivity index (χ0) is 15.8. The van der Waals surface area contributed by atoms with E-state index in [1.807, 2.05) is 0 Å². The van der Waals surface area contributed by atoms with Crippen molar-refractivity contribution in [1.29, 1.82) is 0 Å². The summed E-state index contributed by atoms with van der Waals surface area (Å²) in [6.45, 7) is 7.81. The number of rotatable bonds is 16. The van der Waals surface area contributed by atoms with Gasteiger partial charge in [-0.3, -0.25) is 5.73 Å². The van der Waals surface area contributed by atoms with Gasteiger partial charge in [0, 0.05) is 6.42 Å². The standard InChI is InChI=1S/C18H39NO2/c1-4-7-8-9-10-11-12-13-14-15-18(19,20-16-5-2)21-17-6-3/h4-17,19H2,1-3H3. The third kappa shape index (κ3) is 13.3. The zero-order valence-corrected chi connectivity index (χ0v) is 14.8. The Morgan fingerprint density at radius 2 is 1.05 bits per heavy atom. The highest BCUT2D eigenvalue weighted by Gasteiger charge is 2.25. The first-order chi connectivity index (χ1) is 10.2. The monoisotopic (exact) mass is 301 g/mol. The Kier molecular flexibility index (Phi) is 14.7. The van der Waals surface area contributed by atoms with E-state index in [0.717, 1.165) is 25.7 Å². The second-order valence-corrected chi connectivity index (χ2v) is 6.09. The Bertz CT molecular complexity index is 201. The molecule has 3 heteroatoms. The smallest absolute Gasteiger partial charge is 0.224 e. The van der Waals surface area contributed by atoms with Gasteiger partial charge in [0.25, 0.3) is 0 Å². The van der Waals surface area contributed by atoms with Gasteiger partial charge in [0.15, 0.2) is 0 Å². The molecule has 0 aromatic rings. The molecule has 21 heavy (non-hydrogen) atoms. The van der Waals surface area contributed by atoms with Crippen LogP contribution in [-0.2, 0) is 9.47 Å². The van der Waals surface area contributed by atoms with Crippen molar-refractivity contribution in [3.63, 3.8) is 0 Å². The fraction of sp³-hybridized carbons (Fsp3) is 1.00. The van der Waals surface area contributed by atoms with E-state index in [9.17, 15) is 0 Å². The molecule has 3 nitrogen and oxygen atoms in total. The molecule has 0 atom stereocenters. The number of hydrogen-bond donors (Lipinski definition) is 1. The number of nitrogens with two attached hydrogens (primary N) is 1. The molecule has 0 spiro atoms. The average molecular weight is 302 g/mol. The highest BCUT2D eigenvalue weighted by molar-refractivity contribution is 4.62. The maximum atomic E-state index is 6.22. The molecule has 128 valence electrons. The Hall–Kier alpha value is -0.120. The molecule has 0 aliphatic heterocycles. The molecular weight excluding hydrogens is 262 g/mol. The minimum Gasteiger partial charge on any atom is -0.338 e. The first kappa shape index (κ1) is 20.9. The number of ether oxygens (including phenoxy) is 2. The molecule has 0 radical (unpaired) electrons. The van der Waals surface area contributed by atoms with Crippen molar-refractivity contribution in [2.75, 3.05) is 13.2 Å². The second-order valence-electron chi connectivity index (χ2n) is 6.09.